The molecular weight excluding hydrogens is 455 g/mol. The van der Waals surface area contributed by atoms with Gasteiger partial charge in [-0.1, -0.05) is 49.2 Å². The largest absolute Gasteiger partial charge is 0.366 e. The average molecular weight is 477 g/mol. The fraction of sp³-hybridized carbons (Fsp3) is 0.185. The van der Waals surface area contributed by atoms with Gasteiger partial charge in [-0.15, -0.1) is 0 Å². The van der Waals surface area contributed by atoms with Crippen molar-refractivity contribution in [2.24, 2.45) is 5.73 Å². The number of fused-ring (bicyclic) bond motifs is 2. The Morgan fingerprint density at radius 2 is 1.33 bits per heavy atom. The zero-order valence-corrected chi connectivity index (χ0v) is 19.8. The molecule has 0 atom stereocenters. The lowest BCUT2D eigenvalue weighted by molar-refractivity contribution is 0.0936. The van der Waals surface area contributed by atoms with Crippen LogP contribution < -0.4 is 11.1 Å². The first-order chi connectivity index (χ1) is 15.8. The Morgan fingerprint density at radius 3 is 1.85 bits per heavy atom. The average Bonchev–Trinajstić information content (AvgIpc) is 2.79. The second-order valence-electron chi connectivity index (χ2n) is 8.43. The highest BCUT2D eigenvalue weighted by Crippen LogP contribution is 2.44. The first-order valence-electron chi connectivity index (χ1n) is 11.0. The topological polar surface area (TPSA) is 72.2 Å². The molecule has 4 nitrogen and oxygen atoms in total. The number of primary amides is 1. The van der Waals surface area contributed by atoms with Gasteiger partial charge >= 0.3 is 0 Å². The molecule has 5 aromatic rings. The first-order valence-corrected chi connectivity index (χ1v) is 11.7. The summed E-state index contributed by atoms with van der Waals surface area (Å²) in [5.41, 5.74) is 6.51. The molecule has 0 fully saturated rings. The molecule has 0 radical (unpaired) electrons. The zero-order valence-electron chi connectivity index (χ0n) is 18.3. The molecule has 0 heterocycles. The van der Waals surface area contributed by atoms with E-state index >= 15 is 0 Å². The van der Waals surface area contributed by atoms with Gasteiger partial charge in [-0.3, -0.25) is 9.59 Å². The van der Waals surface area contributed by atoms with E-state index in [1.807, 2.05) is 50.2 Å². The summed E-state index contributed by atoms with van der Waals surface area (Å²) in [4.78, 5) is 25.8. The van der Waals surface area contributed by atoms with Gasteiger partial charge in [0.15, 0.2) is 0 Å². The lowest BCUT2D eigenvalue weighted by atomic mass is 9.86. The van der Waals surface area contributed by atoms with Crippen molar-refractivity contribution in [2.45, 2.75) is 32.7 Å². The summed E-state index contributed by atoms with van der Waals surface area (Å²) in [6.45, 7) is 4.07. The number of carbonyl (C=O) groups excluding carboxylic acids is 2. The first kappa shape index (κ1) is 21.7. The maximum absolute atomic E-state index is 13.3. The van der Waals surface area contributed by atoms with Gasteiger partial charge < -0.3 is 11.1 Å². The number of amides is 2. The number of hydrogen-bond donors (Lipinski definition) is 2. The van der Waals surface area contributed by atoms with Gasteiger partial charge in [-0.05, 0) is 86.9 Å². The van der Waals surface area contributed by atoms with Crippen molar-refractivity contribution in [3.05, 3.63) is 69.7 Å². The third-order valence-electron chi connectivity index (χ3n) is 6.55. The molecule has 0 spiro atoms. The van der Waals surface area contributed by atoms with Crippen molar-refractivity contribution in [2.75, 3.05) is 0 Å². The second-order valence-corrected chi connectivity index (χ2v) is 9.30. The SMILES string of the molecule is CCC(CC)NC(=O)c1ccc2c3cc(Cl)cc4cc(Cl)cc(c5ccc(C(N)=O)c1c52)c43. The Bertz CT molecular complexity index is 1530. The minimum absolute atomic E-state index is 0.0485. The van der Waals surface area contributed by atoms with Crippen LogP contribution in [0.25, 0.3) is 43.1 Å². The van der Waals surface area contributed by atoms with Gasteiger partial charge in [-0.25, -0.2) is 0 Å². The standard InChI is InChI=1S/C27H22Cl2N2O2/c1-3-16(4-2)31-27(33)20-8-6-18-22-12-15(29)10-13-9-14(28)11-21(23(13)22)17-5-7-19(26(30)32)25(20)24(17)18/h5-12,16H,3-4H2,1-2H3,(H2,30,32)(H,31,33). The minimum Gasteiger partial charge on any atom is -0.366 e. The molecule has 5 aromatic carbocycles. The Kier molecular flexibility index (Phi) is 5.31. The Morgan fingerprint density at radius 1 is 0.788 bits per heavy atom. The van der Waals surface area contributed by atoms with Crippen LogP contribution in [-0.4, -0.2) is 17.9 Å². The molecule has 6 heteroatoms. The van der Waals surface area contributed by atoms with E-state index in [2.05, 4.69) is 5.32 Å². The normalized spacial score (nSPS) is 11.9. The smallest absolute Gasteiger partial charge is 0.252 e. The molecule has 0 aliphatic rings. The summed E-state index contributed by atoms with van der Waals surface area (Å²) in [5.74, 6) is -0.800. The van der Waals surface area contributed by atoms with E-state index in [-0.39, 0.29) is 11.9 Å². The van der Waals surface area contributed by atoms with Gasteiger partial charge in [0.25, 0.3) is 5.91 Å². The molecule has 0 unspecified atom stereocenters. The fourth-order valence-corrected chi connectivity index (χ4v) is 5.42. The summed E-state index contributed by atoms with van der Waals surface area (Å²) < 4.78 is 0. The molecule has 166 valence electrons. The highest BCUT2D eigenvalue weighted by molar-refractivity contribution is 6.41. The highest BCUT2D eigenvalue weighted by atomic mass is 35.5. The Balaban J connectivity index is 1.98. The third kappa shape index (κ3) is 3.36. The summed E-state index contributed by atoms with van der Waals surface area (Å²) in [6, 6.07) is 15.0. The molecule has 0 saturated heterocycles. The van der Waals surface area contributed by atoms with E-state index in [0.717, 1.165) is 50.5 Å². The van der Waals surface area contributed by atoms with Crippen LogP contribution in [0.3, 0.4) is 0 Å². The molecular formula is C27H22Cl2N2O2. The van der Waals surface area contributed by atoms with E-state index in [0.29, 0.717) is 26.6 Å². The summed E-state index contributed by atoms with van der Waals surface area (Å²) in [6.07, 6.45) is 1.64. The van der Waals surface area contributed by atoms with Crippen molar-refractivity contribution in [1.82, 2.24) is 5.32 Å². The van der Waals surface area contributed by atoms with E-state index in [9.17, 15) is 9.59 Å². The van der Waals surface area contributed by atoms with Crippen LogP contribution in [0.1, 0.15) is 47.4 Å². The van der Waals surface area contributed by atoms with Crippen LogP contribution in [0.5, 0.6) is 0 Å². The molecule has 5 rings (SSSR count). The van der Waals surface area contributed by atoms with E-state index in [4.69, 9.17) is 28.9 Å². The number of nitrogens with one attached hydrogen (secondary N) is 1. The predicted molar refractivity (Wildman–Crippen MR) is 138 cm³/mol. The molecule has 0 bridgehead atoms. The maximum atomic E-state index is 13.3. The van der Waals surface area contributed by atoms with Gasteiger partial charge in [-0.2, -0.15) is 0 Å². The molecule has 0 aliphatic carbocycles. The number of halogens is 2. The van der Waals surface area contributed by atoms with Crippen LogP contribution in [0.2, 0.25) is 10.0 Å². The third-order valence-corrected chi connectivity index (χ3v) is 6.99. The van der Waals surface area contributed by atoms with Crippen molar-refractivity contribution < 1.29 is 9.59 Å². The lowest BCUT2D eigenvalue weighted by Crippen LogP contribution is -2.34. The fourth-order valence-electron chi connectivity index (χ4n) is 4.96. The van der Waals surface area contributed by atoms with Gasteiger partial charge in [0.05, 0.1) is 0 Å². The number of benzene rings is 5. The number of carbonyl (C=O) groups is 2. The second kappa shape index (κ2) is 8.05. The molecule has 3 N–H and O–H groups in total. The van der Waals surface area contributed by atoms with E-state index in [1.54, 1.807) is 12.1 Å². The van der Waals surface area contributed by atoms with Gasteiger partial charge in [0, 0.05) is 32.6 Å². The van der Waals surface area contributed by atoms with E-state index < -0.39 is 5.91 Å². The van der Waals surface area contributed by atoms with Crippen LogP contribution in [-0.2, 0) is 0 Å². The summed E-state index contributed by atoms with van der Waals surface area (Å²) in [5, 5.41) is 11.3. The summed E-state index contributed by atoms with van der Waals surface area (Å²) in [7, 11) is 0. The quantitative estimate of drug-likeness (QED) is 0.210. The van der Waals surface area contributed by atoms with Crippen LogP contribution in [0, 0.1) is 0 Å². The van der Waals surface area contributed by atoms with Crippen molar-refractivity contribution in [3.63, 3.8) is 0 Å². The number of rotatable bonds is 5. The monoisotopic (exact) mass is 476 g/mol. The molecule has 2 amide bonds. The lowest BCUT2D eigenvalue weighted by Gasteiger charge is -2.20. The van der Waals surface area contributed by atoms with Gasteiger partial charge in [0.1, 0.15) is 0 Å². The highest BCUT2D eigenvalue weighted by Gasteiger charge is 2.23. The van der Waals surface area contributed by atoms with Crippen molar-refractivity contribution in [1.29, 1.82) is 0 Å². The minimum atomic E-state index is -0.580. The maximum Gasteiger partial charge on any atom is 0.252 e. The van der Waals surface area contributed by atoms with Crippen molar-refractivity contribution in [3.8, 4) is 0 Å². The Labute approximate surface area is 201 Å². The van der Waals surface area contributed by atoms with Crippen LogP contribution >= 0.6 is 23.2 Å². The van der Waals surface area contributed by atoms with Crippen LogP contribution in [0.4, 0.5) is 0 Å². The number of nitrogens with two attached hydrogens (primary N) is 1. The van der Waals surface area contributed by atoms with Crippen molar-refractivity contribution >= 4 is 78.1 Å². The molecule has 0 aliphatic heterocycles. The Hall–Kier alpha value is -3.08. The molecule has 0 aromatic heterocycles. The van der Waals surface area contributed by atoms with Gasteiger partial charge in [0.2, 0.25) is 5.91 Å². The predicted octanol–water partition coefficient (Wildman–Crippen LogP) is 7.06. The summed E-state index contributed by atoms with van der Waals surface area (Å²) >= 11 is 12.9. The molecule has 0 saturated carbocycles. The van der Waals surface area contributed by atoms with E-state index in [1.165, 1.54) is 0 Å². The molecule has 33 heavy (non-hydrogen) atoms. The number of hydrogen-bond acceptors (Lipinski definition) is 2. The zero-order chi connectivity index (χ0) is 23.4. The van der Waals surface area contributed by atoms with Crippen LogP contribution in [0.15, 0.2) is 48.5 Å².